The molecule has 3 N–H and O–H groups in total. The predicted octanol–water partition coefficient (Wildman–Crippen LogP) is 5.19. The van der Waals surface area contributed by atoms with Crippen molar-refractivity contribution in [3.05, 3.63) is 83.1 Å². The molecular formula is C35H35F2N7O4S. The number of hydrogen-bond donors (Lipinski definition) is 3. The molecule has 1 aromatic carbocycles. The summed E-state index contributed by atoms with van der Waals surface area (Å²) in [6, 6.07) is 7.17. The number of hydrogen-bond acceptors (Lipinski definition) is 9. The van der Waals surface area contributed by atoms with Crippen molar-refractivity contribution in [2.75, 3.05) is 40.5 Å². The largest absolute Gasteiger partial charge is 0.490 e. The normalized spacial score (nSPS) is 13.6. The van der Waals surface area contributed by atoms with Crippen LogP contribution < -0.4 is 15.4 Å². The molecule has 1 atom stereocenters. The van der Waals surface area contributed by atoms with Gasteiger partial charge >= 0.3 is 0 Å². The van der Waals surface area contributed by atoms with Crippen LogP contribution in [0, 0.1) is 11.6 Å². The molecule has 0 saturated heterocycles. The number of thiophene rings is 1. The molecule has 5 heterocycles. The summed E-state index contributed by atoms with van der Waals surface area (Å²) in [7, 11) is 3.13. The average molecular weight is 688 g/mol. The minimum absolute atomic E-state index is 0.00548. The Bertz CT molecular complexity index is 2050. The van der Waals surface area contributed by atoms with Crippen LogP contribution in [0.25, 0.3) is 43.9 Å². The molecule has 5 aromatic rings. The van der Waals surface area contributed by atoms with Crippen molar-refractivity contribution >= 4 is 33.2 Å². The minimum Gasteiger partial charge on any atom is -0.490 e. The summed E-state index contributed by atoms with van der Waals surface area (Å²) in [4.78, 5) is 36.1. The zero-order valence-corrected chi connectivity index (χ0v) is 28.0. The second-order valence-electron chi connectivity index (χ2n) is 11.6. The van der Waals surface area contributed by atoms with Crippen molar-refractivity contribution in [3.63, 3.8) is 0 Å². The van der Waals surface area contributed by atoms with Crippen LogP contribution in [0.4, 0.5) is 8.78 Å². The number of benzene rings is 1. The Morgan fingerprint density at radius 1 is 1.18 bits per heavy atom. The molecule has 14 heteroatoms. The highest BCUT2D eigenvalue weighted by molar-refractivity contribution is 7.18. The lowest BCUT2D eigenvalue weighted by molar-refractivity contribution is -0.122. The quantitative estimate of drug-likeness (QED) is 0.121. The molecule has 0 radical (unpaired) electrons. The number of aromatic nitrogens is 4. The maximum absolute atomic E-state index is 16.0. The molecule has 0 saturated carbocycles. The van der Waals surface area contributed by atoms with Crippen molar-refractivity contribution in [3.8, 4) is 39.5 Å². The Morgan fingerprint density at radius 2 is 2.02 bits per heavy atom. The van der Waals surface area contributed by atoms with Crippen LogP contribution in [-0.2, 0) is 27.3 Å². The lowest BCUT2D eigenvalue weighted by atomic mass is 9.95. The number of carbonyl (C=O) groups excluding carboxylic acids is 2. The van der Waals surface area contributed by atoms with E-state index in [-0.39, 0.29) is 42.9 Å². The van der Waals surface area contributed by atoms with Gasteiger partial charge in [-0.25, -0.2) is 13.8 Å². The first-order valence-electron chi connectivity index (χ1n) is 15.6. The first kappa shape index (κ1) is 33.8. The van der Waals surface area contributed by atoms with E-state index >= 15 is 4.39 Å². The lowest BCUT2D eigenvalue weighted by Gasteiger charge is -2.27. The molecule has 0 spiro atoms. The van der Waals surface area contributed by atoms with Gasteiger partial charge in [0.1, 0.15) is 35.4 Å². The fourth-order valence-corrected chi connectivity index (χ4v) is 6.81. The Kier molecular flexibility index (Phi) is 10.1. The van der Waals surface area contributed by atoms with Crippen molar-refractivity contribution in [2.45, 2.75) is 25.9 Å². The van der Waals surface area contributed by atoms with E-state index < -0.39 is 17.7 Å². The van der Waals surface area contributed by atoms with Gasteiger partial charge in [0.15, 0.2) is 0 Å². The molecule has 0 aliphatic carbocycles. The second-order valence-corrected chi connectivity index (χ2v) is 12.5. The van der Waals surface area contributed by atoms with Gasteiger partial charge in [-0.2, -0.15) is 5.10 Å². The maximum atomic E-state index is 16.0. The number of nitrogens with zero attached hydrogens (tertiary/aromatic N) is 4. The highest BCUT2D eigenvalue weighted by Crippen LogP contribution is 2.47. The Balaban J connectivity index is 1.54. The van der Waals surface area contributed by atoms with Crippen molar-refractivity contribution in [2.24, 2.45) is 0 Å². The second kappa shape index (κ2) is 14.6. The van der Waals surface area contributed by atoms with Crippen LogP contribution in [-0.4, -0.2) is 77.3 Å². The number of halogens is 2. The molecule has 0 bridgehead atoms. The zero-order valence-electron chi connectivity index (χ0n) is 27.2. The number of methoxy groups -OCH3 is 1. The fourth-order valence-electron chi connectivity index (χ4n) is 5.86. The molecule has 6 rings (SSSR count). The monoisotopic (exact) mass is 687 g/mol. The van der Waals surface area contributed by atoms with Gasteiger partial charge in [0.2, 0.25) is 11.8 Å². The highest BCUT2D eigenvalue weighted by atomic mass is 32.1. The van der Waals surface area contributed by atoms with Gasteiger partial charge in [0, 0.05) is 78.9 Å². The van der Waals surface area contributed by atoms with E-state index in [0.29, 0.717) is 52.5 Å². The SMILES string of the molecule is C=CC(=O)N[C@H](C)c1cc(-c2nc(-c3cnc4c(c3)CN(CC(=O)NC)CC4)c3ccsc3c2-c2c(F)cc(F)cc2OCCOC)n[nH]1. The topological polar surface area (TPSA) is 134 Å². The summed E-state index contributed by atoms with van der Waals surface area (Å²) in [5.74, 6) is -2.04. The number of rotatable bonds is 12. The molecule has 0 unspecified atom stereocenters. The van der Waals surface area contributed by atoms with E-state index in [2.05, 4.69) is 32.3 Å². The molecule has 1 aliphatic rings. The number of ether oxygens (including phenoxy) is 2. The van der Waals surface area contributed by atoms with Crippen molar-refractivity contribution < 1.29 is 27.8 Å². The van der Waals surface area contributed by atoms with E-state index in [1.807, 2.05) is 17.5 Å². The first-order chi connectivity index (χ1) is 23.7. The van der Waals surface area contributed by atoms with Crippen LogP contribution in [0.5, 0.6) is 5.75 Å². The van der Waals surface area contributed by atoms with Crippen LogP contribution in [0.1, 0.15) is 29.9 Å². The molecular weight excluding hydrogens is 652 g/mol. The Hall–Kier alpha value is -5.05. The summed E-state index contributed by atoms with van der Waals surface area (Å²) in [5.41, 5.74) is 4.93. The van der Waals surface area contributed by atoms with E-state index in [1.165, 1.54) is 24.5 Å². The van der Waals surface area contributed by atoms with E-state index in [4.69, 9.17) is 19.4 Å². The Labute approximate surface area is 285 Å². The van der Waals surface area contributed by atoms with Crippen molar-refractivity contribution in [1.29, 1.82) is 0 Å². The lowest BCUT2D eigenvalue weighted by Crippen LogP contribution is -2.39. The van der Waals surface area contributed by atoms with E-state index in [9.17, 15) is 14.0 Å². The average Bonchev–Trinajstić information content (AvgIpc) is 3.79. The summed E-state index contributed by atoms with van der Waals surface area (Å²) < 4.78 is 42.3. The molecule has 11 nitrogen and oxygen atoms in total. The number of pyridine rings is 2. The molecule has 4 aromatic heterocycles. The number of aromatic amines is 1. The van der Waals surface area contributed by atoms with Crippen molar-refractivity contribution in [1.82, 2.24) is 35.7 Å². The van der Waals surface area contributed by atoms with Gasteiger partial charge in [-0.3, -0.25) is 24.6 Å². The summed E-state index contributed by atoms with van der Waals surface area (Å²) in [5, 5.41) is 15.6. The number of amides is 2. The summed E-state index contributed by atoms with van der Waals surface area (Å²) in [6.45, 7) is 7.09. The van der Waals surface area contributed by atoms with Gasteiger partial charge in [0.05, 0.1) is 36.1 Å². The number of nitrogens with one attached hydrogen (secondary N) is 3. The van der Waals surface area contributed by atoms with Crippen LogP contribution >= 0.6 is 11.3 Å². The number of carbonyl (C=O) groups is 2. The number of likely N-dealkylation sites (N-methyl/N-ethyl adjacent to an activating group) is 1. The third-order valence-electron chi connectivity index (χ3n) is 8.31. The number of H-pyrrole nitrogens is 1. The standard InChI is InChI=1S/C35H35F2N7O4S/c1-5-29(45)40-19(2)26-15-27(43-42-26)34-32(31-24(37)13-22(36)14-28(31)48-10-9-47-4)35-23(7-11-49-35)33(41-34)20-12-21-17-44(18-30(46)38-3)8-6-25(21)39-16-20/h5,7,11-16,19H,1,6,8-10,17-18H2,2-4H3,(H,38,46)(H,40,45)(H,42,43)/t19-/m1/s1. The Morgan fingerprint density at radius 3 is 2.80 bits per heavy atom. The molecule has 1 aliphatic heterocycles. The van der Waals surface area contributed by atoms with Gasteiger partial charge in [0.25, 0.3) is 0 Å². The first-order valence-corrected chi connectivity index (χ1v) is 16.5. The summed E-state index contributed by atoms with van der Waals surface area (Å²) in [6.07, 6.45) is 3.65. The molecule has 0 fully saturated rings. The summed E-state index contributed by atoms with van der Waals surface area (Å²) >= 11 is 1.38. The van der Waals surface area contributed by atoms with Gasteiger partial charge in [-0.05, 0) is 42.1 Å². The van der Waals surface area contributed by atoms with Gasteiger partial charge < -0.3 is 20.1 Å². The van der Waals surface area contributed by atoms with E-state index in [0.717, 1.165) is 34.3 Å². The van der Waals surface area contributed by atoms with Gasteiger partial charge in [-0.15, -0.1) is 11.3 Å². The smallest absolute Gasteiger partial charge is 0.243 e. The van der Waals surface area contributed by atoms with Gasteiger partial charge in [-0.1, -0.05) is 6.58 Å². The fraction of sp³-hybridized carbons (Fsp3) is 0.286. The molecule has 49 heavy (non-hydrogen) atoms. The third-order valence-corrected chi connectivity index (χ3v) is 9.24. The van der Waals surface area contributed by atoms with Crippen LogP contribution in [0.3, 0.4) is 0 Å². The predicted molar refractivity (Wildman–Crippen MR) is 183 cm³/mol. The van der Waals surface area contributed by atoms with E-state index in [1.54, 1.807) is 26.2 Å². The highest BCUT2D eigenvalue weighted by Gasteiger charge is 2.28. The number of fused-ring (bicyclic) bond motifs is 2. The third kappa shape index (κ3) is 7.07. The minimum atomic E-state index is -0.827. The zero-order chi connectivity index (χ0) is 34.7. The molecule has 2 amide bonds. The molecule has 254 valence electrons. The maximum Gasteiger partial charge on any atom is 0.243 e. The van der Waals surface area contributed by atoms with Crippen LogP contribution in [0.2, 0.25) is 0 Å². The van der Waals surface area contributed by atoms with Crippen LogP contribution in [0.15, 0.2) is 54.6 Å².